The molecule has 0 aliphatic carbocycles. The molecule has 0 radical (unpaired) electrons. The summed E-state index contributed by atoms with van der Waals surface area (Å²) in [5, 5.41) is 0.128. The summed E-state index contributed by atoms with van der Waals surface area (Å²) in [6, 6.07) is 4.01. The Bertz CT molecular complexity index is 1680. The summed E-state index contributed by atoms with van der Waals surface area (Å²) in [6.45, 7) is 7.61. The van der Waals surface area contributed by atoms with E-state index in [0.717, 1.165) is 28.7 Å². The highest BCUT2D eigenvalue weighted by atomic mass is 32.1. The fourth-order valence-corrected chi connectivity index (χ4v) is 6.75. The predicted molar refractivity (Wildman–Crippen MR) is 167 cm³/mol. The fourth-order valence-electron chi connectivity index (χ4n) is 5.55. The van der Waals surface area contributed by atoms with Crippen molar-refractivity contribution in [2.45, 2.75) is 65.1 Å². The van der Waals surface area contributed by atoms with Crippen molar-refractivity contribution in [1.82, 2.24) is 14.0 Å². The van der Waals surface area contributed by atoms with Gasteiger partial charge in [-0.1, -0.05) is 0 Å². The number of ether oxygens (including phenoxy) is 3. The Morgan fingerprint density at radius 1 is 1.20 bits per heavy atom. The molecule has 0 spiro atoms. The van der Waals surface area contributed by atoms with E-state index in [0.29, 0.717) is 36.4 Å². The van der Waals surface area contributed by atoms with Gasteiger partial charge in [0.25, 0.3) is 5.56 Å². The van der Waals surface area contributed by atoms with Gasteiger partial charge in [-0.15, -0.1) is 11.3 Å². The van der Waals surface area contributed by atoms with Gasteiger partial charge in [-0.25, -0.2) is 18.5 Å². The van der Waals surface area contributed by atoms with Gasteiger partial charge in [-0.05, 0) is 64.3 Å². The molecule has 4 rings (SSSR count). The molecular formula is C31H39FN4O7S. The van der Waals surface area contributed by atoms with Gasteiger partial charge >= 0.3 is 11.7 Å². The molecular weight excluding hydrogens is 591 g/mol. The molecule has 0 bridgehead atoms. The van der Waals surface area contributed by atoms with E-state index in [-0.39, 0.29) is 40.8 Å². The number of thiophene rings is 1. The zero-order valence-electron chi connectivity index (χ0n) is 26.0. The number of halogens is 1. The maximum Gasteiger partial charge on any atom is 0.348 e. The predicted octanol–water partition coefficient (Wildman–Crippen LogP) is 4.06. The van der Waals surface area contributed by atoms with E-state index >= 15 is 0 Å². The van der Waals surface area contributed by atoms with Crippen molar-refractivity contribution in [3.63, 3.8) is 0 Å². The summed E-state index contributed by atoms with van der Waals surface area (Å²) in [7, 11) is 3.08. The first-order valence-electron chi connectivity index (χ1n) is 14.6. The maximum absolute atomic E-state index is 14.5. The average Bonchev–Trinajstić information content (AvgIpc) is 3.64. The average molecular weight is 631 g/mol. The minimum absolute atomic E-state index is 0.122. The zero-order valence-corrected chi connectivity index (χ0v) is 26.8. The van der Waals surface area contributed by atoms with Gasteiger partial charge in [0.2, 0.25) is 5.91 Å². The Balaban J connectivity index is 1.99. The first kappa shape index (κ1) is 33.1. The van der Waals surface area contributed by atoms with Crippen LogP contribution in [0.5, 0.6) is 5.75 Å². The molecule has 1 aliphatic rings. The van der Waals surface area contributed by atoms with Crippen LogP contribution in [0.1, 0.15) is 66.9 Å². The van der Waals surface area contributed by atoms with Crippen LogP contribution in [-0.4, -0.2) is 72.6 Å². The number of likely N-dealkylation sites (tertiary alicyclic amines) is 1. The molecule has 11 nitrogen and oxygen atoms in total. The standard InChI is InChI=1S/C31H39FN4O7S/c1-7-42-28(38)25-19(2)24-26(37)36(31(3,4)29(39)34-14-8-9-15-34)30(40)35(27(24)44-25)18-23(43-16-10-13-33-5)21-17-20(32)11-12-22(21)41-6/h11-13,17,23H,7-10,14-16,18H2,1-6H3/b33-13-/t23-/m0/s1. The number of carbonyl (C=O) groups excluding carboxylic acids is 2. The molecule has 3 heterocycles. The molecule has 1 atom stereocenters. The number of hydrogen-bond acceptors (Lipinski definition) is 9. The van der Waals surface area contributed by atoms with Crippen molar-refractivity contribution in [3.05, 3.63) is 60.9 Å². The SMILES string of the molecule is CCOC(=O)c1sc2c(c1C)c(=O)n(C(C)(C)C(=O)N1CCCC1)c(=O)n2C[C@H](OCC/C=N\C)c1cc(F)ccc1OC. The Labute approximate surface area is 258 Å². The van der Waals surface area contributed by atoms with Gasteiger partial charge in [0.1, 0.15) is 32.9 Å². The van der Waals surface area contributed by atoms with Gasteiger partial charge in [0.05, 0.1) is 32.3 Å². The van der Waals surface area contributed by atoms with E-state index < -0.39 is 34.7 Å². The Morgan fingerprint density at radius 3 is 2.55 bits per heavy atom. The first-order valence-corrected chi connectivity index (χ1v) is 15.4. The van der Waals surface area contributed by atoms with E-state index in [1.807, 2.05) is 0 Å². The van der Waals surface area contributed by atoms with Crippen LogP contribution in [0.2, 0.25) is 0 Å². The molecule has 1 aliphatic heterocycles. The monoisotopic (exact) mass is 630 g/mol. The Morgan fingerprint density at radius 2 is 1.91 bits per heavy atom. The lowest BCUT2D eigenvalue weighted by molar-refractivity contribution is -0.138. The van der Waals surface area contributed by atoms with E-state index in [1.54, 1.807) is 45.9 Å². The molecule has 1 fully saturated rings. The third kappa shape index (κ3) is 6.34. The van der Waals surface area contributed by atoms with Crippen molar-refractivity contribution in [2.24, 2.45) is 4.99 Å². The number of carbonyl (C=O) groups is 2. The highest BCUT2D eigenvalue weighted by molar-refractivity contribution is 7.20. The molecule has 2 aromatic heterocycles. The van der Waals surface area contributed by atoms with E-state index in [9.17, 15) is 23.6 Å². The zero-order chi connectivity index (χ0) is 32.2. The van der Waals surface area contributed by atoms with Crippen LogP contribution in [0.15, 0.2) is 32.8 Å². The molecule has 13 heteroatoms. The summed E-state index contributed by atoms with van der Waals surface area (Å²) in [5.74, 6) is -1.16. The third-order valence-corrected chi connectivity index (χ3v) is 9.08. The van der Waals surface area contributed by atoms with Crippen molar-refractivity contribution < 1.29 is 28.2 Å². The molecule has 238 valence electrons. The molecule has 44 heavy (non-hydrogen) atoms. The van der Waals surface area contributed by atoms with Crippen LogP contribution in [-0.2, 0) is 26.4 Å². The lowest BCUT2D eigenvalue weighted by atomic mass is 10.0. The highest BCUT2D eigenvalue weighted by Crippen LogP contribution is 2.34. The third-order valence-electron chi connectivity index (χ3n) is 7.78. The second-order valence-corrected chi connectivity index (χ2v) is 12.0. The fraction of sp³-hybridized carbons (Fsp3) is 0.516. The number of aryl methyl sites for hydroxylation is 1. The number of fused-ring (bicyclic) bond motifs is 1. The van der Waals surface area contributed by atoms with E-state index in [1.165, 1.54) is 29.9 Å². The number of benzene rings is 1. The summed E-state index contributed by atoms with van der Waals surface area (Å²) in [5.41, 5.74) is -2.28. The van der Waals surface area contributed by atoms with Gasteiger partial charge in [-0.2, -0.15) is 0 Å². The van der Waals surface area contributed by atoms with Crippen molar-refractivity contribution in [2.75, 3.05) is 40.5 Å². The van der Waals surface area contributed by atoms with Crippen LogP contribution in [0.25, 0.3) is 10.2 Å². The summed E-state index contributed by atoms with van der Waals surface area (Å²) < 4.78 is 33.8. The summed E-state index contributed by atoms with van der Waals surface area (Å²) in [4.78, 5) is 61.2. The normalized spacial score (nSPS) is 14.5. The van der Waals surface area contributed by atoms with Crippen molar-refractivity contribution in [3.8, 4) is 5.75 Å². The lowest BCUT2D eigenvalue weighted by Gasteiger charge is -2.31. The van der Waals surface area contributed by atoms with Crippen molar-refractivity contribution >= 4 is 39.6 Å². The molecule has 0 saturated carbocycles. The number of aromatic nitrogens is 2. The van der Waals surface area contributed by atoms with Crippen LogP contribution in [0.4, 0.5) is 4.39 Å². The number of esters is 1. The van der Waals surface area contributed by atoms with E-state index in [4.69, 9.17) is 14.2 Å². The summed E-state index contributed by atoms with van der Waals surface area (Å²) >= 11 is 0.960. The number of amides is 1. The largest absolute Gasteiger partial charge is 0.496 e. The minimum Gasteiger partial charge on any atom is -0.496 e. The van der Waals surface area contributed by atoms with Crippen LogP contribution in [0.3, 0.4) is 0 Å². The second kappa shape index (κ2) is 13.9. The number of hydrogen-bond donors (Lipinski definition) is 0. The molecule has 0 N–H and O–H groups in total. The number of aliphatic imine (C=N–C) groups is 1. The van der Waals surface area contributed by atoms with Crippen LogP contribution < -0.4 is 16.0 Å². The van der Waals surface area contributed by atoms with Gasteiger partial charge in [-0.3, -0.25) is 14.2 Å². The molecule has 3 aromatic rings. The van der Waals surface area contributed by atoms with Crippen LogP contribution >= 0.6 is 11.3 Å². The molecule has 1 amide bonds. The van der Waals surface area contributed by atoms with Crippen LogP contribution in [0, 0.1) is 12.7 Å². The molecule has 1 saturated heterocycles. The Kier molecular flexibility index (Phi) is 10.4. The van der Waals surface area contributed by atoms with Gasteiger partial charge < -0.3 is 24.1 Å². The lowest BCUT2D eigenvalue weighted by Crippen LogP contribution is -2.56. The number of rotatable bonds is 12. The van der Waals surface area contributed by atoms with Gasteiger partial charge in [0, 0.05) is 38.3 Å². The summed E-state index contributed by atoms with van der Waals surface area (Å²) in [6.07, 6.45) is 2.89. The quantitative estimate of drug-likeness (QED) is 0.168. The Hall–Kier alpha value is -3.84. The molecule has 1 aromatic carbocycles. The number of nitrogens with zero attached hydrogens (tertiary/aromatic N) is 4. The van der Waals surface area contributed by atoms with Gasteiger partial charge in [0.15, 0.2) is 0 Å². The smallest absolute Gasteiger partial charge is 0.348 e. The maximum atomic E-state index is 14.5. The number of methoxy groups -OCH3 is 1. The topological polar surface area (TPSA) is 121 Å². The second-order valence-electron chi connectivity index (χ2n) is 11.0. The van der Waals surface area contributed by atoms with Crippen molar-refractivity contribution in [1.29, 1.82) is 0 Å². The molecule has 0 unspecified atom stereocenters. The minimum atomic E-state index is -1.54. The highest BCUT2D eigenvalue weighted by Gasteiger charge is 2.39. The first-order chi connectivity index (χ1) is 21.0. The van der Waals surface area contributed by atoms with E-state index in [2.05, 4.69) is 4.99 Å².